The fourth-order valence-electron chi connectivity index (χ4n) is 1.02. The van der Waals surface area contributed by atoms with Crippen LogP contribution in [0.5, 0.6) is 0 Å². The Labute approximate surface area is 71.6 Å². The van der Waals surface area contributed by atoms with Crippen LogP contribution in [0.1, 0.15) is 25.7 Å². The number of rotatable bonds is 6. The molecule has 0 fully saturated rings. The average molecular weight is 251 g/mol. The van der Waals surface area contributed by atoms with Crippen molar-refractivity contribution in [2.45, 2.75) is 40.0 Å². The molecule has 10 heavy (non-hydrogen) atoms. The number of unbranched alkanes of at least 4 members (excludes halogenated alkanes) is 3. The van der Waals surface area contributed by atoms with Gasteiger partial charge in [-0.3, -0.25) is 0 Å². The molecule has 0 heterocycles. The standard InChI is InChI=1S/C6H13O.2CH3.Sn.H/c1-2-3-4-5-6-7;;;;/h7H,1-6H2;2*1H3;;. The van der Waals surface area contributed by atoms with Gasteiger partial charge in [-0.1, -0.05) is 0 Å². The van der Waals surface area contributed by atoms with Gasteiger partial charge in [0.1, 0.15) is 0 Å². The Morgan fingerprint density at radius 1 is 1.00 bits per heavy atom. The van der Waals surface area contributed by atoms with Crippen molar-refractivity contribution in [2.75, 3.05) is 6.61 Å². The van der Waals surface area contributed by atoms with Crippen molar-refractivity contribution in [3.05, 3.63) is 0 Å². The van der Waals surface area contributed by atoms with Crippen LogP contribution in [0.15, 0.2) is 0 Å². The summed E-state index contributed by atoms with van der Waals surface area (Å²) >= 11 is -0.861. The average Bonchev–Trinajstić information content (AvgIpc) is 1.87. The molecule has 0 radical (unpaired) electrons. The molecule has 2 heteroatoms. The van der Waals surface area contributed by atoms with E-state index in [2.05, 4.69) is 9.88 Å². The van der Waals surface area contributed by atoms with Crippen molar-refractivity contribution < 1.29 is 5.11 Å². The molecule has 0 aliphatic carbocycles. The van der Waals surface area contributed by atoms with E-state index < -0.39 is 19.8 Å². The Kier molecular flexibility index (Phi) is 8.46. The van der Waals surface area contributed by atoms with E-state index in [1.165, 1.54) is 19.3 Å². The van der Waals surface area contributed by atoms with Crippen LogP contribution in [0, 0.1) is 0 Å². The predicted octanol–water partition coefficient (Wildman–Crippen LogP) is 2.03. The zero-order valence-corrected chi connectivity index (χ0v) is 10.6. The summed E-state index contributed by atoms with van der Waals surface area (Å²) in [7, 11) is 0. The van der Waals surface area contributed by atoms with Crippen molar-refractivity contribution >= 4 is 19.8 Å². The summed E-state index contributed by atoms with van der Waals surface area (Å²) in [6.07, 6.45) is 5.01. The summed E-state index contributed by atoms with van der Waals surface area (Å²) in [5, 5.41) is 8.49. The van der Waals surface area contributed by atoms with Crippen LogP contribution in [0.25, 0.3) is 0 Å². The van der Waals surface area contributed by atoms with Gasteiger partial charge in [-0.2, -0.15) is 0 Å². The molecule has 0 amide bonds. The maximum absolute atomic E-state index is 8.49. The quantitative estimate of drug-likeness (QED) is 0.565. The first-order chi connectivity index (χ1) is 4.77. The SMILES string of the molecule is [CH3][SnH]([CH3])[CH2]CCCCCO. The van der Waals surface area contributed by atoms with Gasteiger partial charge in [0.25, 0.3) is 0 Å². The van der Waals surface area contributed by atoms with Crippen molar-refractivity contribution in [2.24, 2.45) is 0 Å². The maximum atomic E-state index is 8.49. The van der Waals surface area contributed by atoms with E-state index in [9.17, 15) is 0 Å². The first-order valence-corrected chi connectivity index (χ1v) is 13.3. The van der Waals surface area contributed by atoms with Crippen LogP contribution in [-0.4, -0.2) is 31.5 Å². The third kappa shape index (κ3) is 8.76. The van der Waals surface area contributed by atoms with E-state index in [0.717, 1.165) is 6.42 Å². The molecule has 0 aromatic heterocycles. The molecule has 0 unspecified atom stereocenters. The molecule has 0 saturated carbocycles. The monoisotopic (exact) mass is 252 g/mol. The number of aliphatic hydroxyl groups excluding tert-OH is 1. The van der Waals surface area contributed by atoms with E-state index in [0.29, 0.717) is 6.61 Å². The Morgan fingerprint density at radius 2 is 1.60 bits per heavy atom. The predicted molar refractivity (Wildman–Crippen MR) is 49.2 cm³/mol. The number of aliphatic hydroxyl groups is 1. The Balaban J connectivity index is 2.77. The van der Waals surface area contributed by atoms with Crippen LogP contribution in [0.3, 0.4) is 0 Å². The molecule has 0 aliphatic rings. The van der Waals surface area contributed by atoms with E-state index in [4.69, 9.17) is 5.11 Å². The second-order valence-corrected chi connectivity index (χ2v) is 12.9. The summed E-state index contributed by atoms with van der Waals surface area (Å²) in [6.45, 7) is 0.380. The molecule has 1 nitrogen and oxygen atoms in total. The molecule has 0 spiro atoms. The van der Waals surface area contributed by atoms with E-state index >= 15 is 0 Å². The van der Waals surface area contributed by atoms with Crippen molar-refractivity contribution in [1.82, 2.24) is 0 Å². The fourth-order valence-corrected chi connectivity index (χ4v) is 4.17. The van der Waals surface area contributed by atoms with Crippen LogP contribution in [-0.2, 0) is 0 Å². The molecule has 0 aromatic rings. The van der Waals surface area contributed by atoms with Crippen LogP contribution in [0.2, 0.25) is 14.3 Å². The van der Waals surface area contributed by atoms with E-state index in [-0.39, 0.29) is 0 Å². The van der Waals surface area contributed by atoms with Gasteiger partial charge >= 0.3 is 71.5 Å². The topological polar surface area (TPSA) is 20.2 Å². The second kappa shape index (κ2) is 7.86. The van der Waals surface area contributed by atoms with Crippen molar-refractivity contribution in [3.8, 4) is 0 Å². The summed E-state index contributed by atoms with van der Waals surface area (Å²) in [5.74, 6) is 0. The zero-order chi connectivity index (χ0) is 7.82. The van der Waals surface area contributed by atoms with E-state index in [1.54, 1.807) is 4.44 Å². The molecule has 0 atom stereocenters. The molecular weight excluding hydrogens is 231 g/mol. The summed E-state index contributed by atoms with van der Waals surface area (Å²) in [6, 6.07) is 0. The minimum absolute atomic E-state index is 0.380. The third-order valence-corrected chi connectivity index (χ3v) is 6.15. The normalized spacial score (nSPS) is 10.8. The summed E-state index contributed by atoms with van der Waals surface area (Å²) in [4.78, 5) is 4.93. The first kappa shape index (κ1) is 10.8. The van der Waals surface area contributed by atoms with Crippen molar-refractivity contribution in [1.29, 1.82) is 0 Å². The minimum atomic E-state index is -0.861. The second-order valence-electron chi connectivity index (χ2n) is 3.32. The molecule has 0 saturated heterocycles. The summed E-state index contributed by atoms with van der Waals surface area (Å²) in [5.41, 5.74) is 0. The van der Waals surface area contributed by atoms with Gasteiger partial charge in [-0.25, -0.2) is 0 Å². The Morgan fingerprint density at radius 3 is 2.10 bits per heavy atom. The molecule has 0 aromatic carbocycles. The fraction of sp³-hybridized carbons (Fsp3) is 1.00. The van der Waals surface area contributed by atoms with Crippen LogP contribution < -0.4 is 0 Å². The van der Waals surface area contributed by atoms with Gasteiger partial charge in [-0.15, -0.1) is 0 Å². The van der Waals surface area contributed by atoms with Gasteiger partial charge in [0.05, 0.1) is 0 Å². The Hall–Kier alpha value is 0.759. The van der Waals surface area contributed by atoms with Gasteiger partial charge in [0.2, 0.25) is 0 Å². The first-order valence-electron chi connectivity index (χ1n) is 4.38. The number of hydrogen-bond donors (Lipinski definition) is 1. The van der Waals surface area contributed by atoms with Gasteiger partial charge < -0.3 is 0 Å². The molecule has 62 valence electrons. The third-order valence-electron chi connectivity index (χ3n) is 1.69. The van der Waals surface area contributed by atoms with Gasteiger partial charge in [0.15, 0.2) is 0 Å². The Bertz CT molecular complexity index is 64.3. The van der Waals surface area contributed by atoms with Gasteiger partial charge in [-0.05, 0) is 0 Å². The van der Waals surface area contributed by atoms with Crippen molar-refractivity contribution in [3.63, 3.8) is 0 Å². The molecule has 1 N–H and O–H groups in total. The zero-order valence-electron chi connectivity index (χ0n) is 7.27. The molecule has 0 bridgehead atoms. The van der Waals surface area contributed by atoms with Crippen LogP contribution >= 0.6 is 0 Å². The van der Waals surface area contributed by atoms with Crippen LogP contribution in [0.4, 0.5) is 0 Å². The molecular formula is C8H20OSn. The molecule has 0 rings (SSSR count). The number of hydrogen-bond acceptors (Lipinski definition) is 1. The van der Waals surface area contributed by atoms with Gasteiger partial charge in [0, 0.05) is 0 Å². The molecule has 0 aliphatic heterocycles. The van der Waals surface area contributed by atoms with E-state index in [1.807, 2.05) is 0 Å². The summed E-state index contributed by atoms with van der Waals surface area (Å²) < 4.78 is 1.55.